The van der Waals surface area contributed by atoms with Crippen LogP contribution in [0.1, 0.15) is 15.9 Å². The van der Waals surface area contributed by atoms with E-state index in [0.717, 1.165) is 0 Å². The van der Waals surface area contributed by atoms with Gasteiger partial charge in [0.1, 0.15) is 5.75 Å². The second kappa shape index (κ2) is 5.20. The number of nitrogens with zero attached hydrogens (tertiary/aromatic N) is 2. The SMILES string of the molecule is Cc1cccc(C(=O)N(C)CC(N)=NO)c1O. The van der Waals surface area contributed by atoms with Gasteiger partial charge >= 0.3 is 0 Å². The molecule has 92 valence electrons. The lowest BCUT2D eigenvalue weighted by Gasteiger charge is -2.17. The van der Waals surface area contributed by atoms with E-state index in [1.807, 2.05) is 0 Å². The average Bonchev–Trinajstić information content (AvgIpc) is 2.31. The lowest BCUT2D eigenvalue weighted by atomic mass is 10.1. The van der Waals surface area contributed by atoms with E-state index in [9.17, 15) is 9.90 Å². The molecule has 0 atom stereocenters. The summed E-state index contributed by atoms with van der Waals surface area (Å²) in [6.07, 6.45) is 0. The van der Waals surface area contributed by atoms with E-state index in [4.69, 9.17) is 10.9 Å². The first-order valence-corrected chi connectivity index (χ1v) is 4.97. The van der Waals surface area contributed by atoms with Crippen molar-refractivity contribution in [2.24, 2.45) is 10.9 Å². The molecule has 0 aliphatic carbocycles. The molecule has 6 heteroatoms. The number of oxime groups is 1. The normalized spacial score (nSPS) is 11.3. The van der Waals surface area contributed by atoms with Crippen molar-refractivity contribution in [1.29, 1.82) is 0 Å². The van der Waals surface area contributed by atoms with Crippen molar-refractivity contribution in [3.05, 3.63) is 29.3 Å². The number of phenolic OH excluding ortho intramolecular Hbond substituents is 1. The number of likely N-dealkylation sites (N-methyl/N-ethyl adjacent to an activating group) is 1. The van der Waals surface area contributed by atoms with Crippen molar-refractivity contribution in [2.75, 3.05) is 13.6 Å². The number of benzene rings is 1. The average molecular weight is 237 g/mol. The molecule has 17 heavy (non-hydrogen) atoms. The van der Waals surface area contributed by atoms with E-state index < -0.39 is 5.91 Å². The molecule has 0 saturated carbocycles. The summed E-state index contributed by atoms with van der Waals surface area (Å²) in [5, 5.41) is 20.9. The van der Waals surface area contributed by atoms with E-state index >= 15 is 0 Å². The Morgan fingerprint density at radius 3 is 2.76 bits per heavy atom. The number of rotatable bonds is 3. The Morgan fingerprint density at radius 2 is 2.18 bits per heavy atom. The zero-order valence-corrected chi connectivity index (χ0v) is 9.71. The summed E-state index contributed by atoms with van der Waals surface area (Å²) < 4.78 is 0. The van der Waals surface area contributed by atoms with E-state index in [2.05, 4.69) is 5.16 Å². The fourth-order valence-corrected chi connectivity index (χ4v) is 1.38. The lowest BCUT2D eigenvalue weighted by Crippen LogP contribution is -2.35. The molecule has 6 nitrogen and oxygen atoms in total. The van der Waals surface area contributed by atoms with Crippen LogP contribution in [0, 0.1) is 6.92 Å². The van der Waals surface area contributed by atoms with Crippen molar-refractivity contribution < 1.29 is 15.1 Å². The van der Waals surface area contributed by atoms with Crippen LogP contribution in [0.3, 0.4) is 0 Å². The second-order valence-corrected chi connectivity index (χ2v) is 3.72. The molecular weight excluding hydrogens is 222 g/mol. The van der Waals surface area contributed by atoms with Gasteiger partial charge in [-0.25, -0.2) is 0 Å². The second-order valence-electron chi connectivity index (χ2n) is 3.72. The third-order valence-electron chi connectivity index (χ3n) is 2.34. The molecule has 0 aliphatic heterocycles. The van der Waals surface area contributed by atoms with Crippen LogP contribution >= 0.6 is 0 Å². The molecule has 4 N–H and O–H groups in total. The highest BCUT2D eigenvalue weighted by molar-refractivity contribution is 5.99. The molecule has 1 rings (SSSR count). The molecule has 0 heterocycles. The van der Waals surface area contributed by atoms with Gasteiger partial charge in [0.2, 0.25) is 0 Å². The van der Waals surface area contributed by atoms with Crippen molar-refractivity contribution in [3.63, 3.8) is 0 Å². The van der Waals surface area contributed by atoms with Gasteiger partial charge in [-0.15, -0.1) is 0 Å². The minimum absolute atomic E-state index is 0.0112. The Morgan fingerprint density at radius 1 is 1.53 bits per heavy atom. The molecule has 0 aliphatic rings. The van der Waals surface area contributed by atoms with Crippen molar-refractivity contribution in [1.82, 2.24) is 4.90 Å². The van der Waals surface area contributed by atoms with Gasteiger partial charge in [0.15, 0.2) is 5.84 Å². The fourth-order valence-electron chi connectivity index (χ4n) is 1.38. The number of carbonyl (C=O) groups excluding carboxylic acids is 1. The maximum Gasteiger partial charge on any atom is 0.257 e. The maximum absolute atomic E-state index is 11.9. The summed E-state index contributed by atoms with van der Waals surface area (Å²) in [6, 6.07) is 4.91. The number of aromatic hydroxyl groups is 1. The number of amides is 1. The first-order valence-electron chi connectivity index (χ1n) is 4.97. The summed E-state index contributed by atoms with van der Waals surface area (Å²) in [5.74, 6) is -0.519. The molecule has 0 unspecified atom stereocenters. The van der Waals surface area contributed by atoms with Crippen LogP contribution in [0.5, 0.6) is 5.75 Å². The third-order valence-corrected chi connectivity index (χ3v) is 2.34. The van der Waals surface area contributed by atoms with Crippen LogP contribution < -0.4 is 5.73 Å². The molecule has 1 aromatic carbocycles. The van der Waals surface area contributed by atoms with Crippen LogP contribution in [0.4, 0.5) is 0 Å². The van der Waals surface area contributed by atoms with Gasteiger partial charge in [-0.1, -0.05) is 17.3 Å². The van der Waals surface area contributed by atoms with E-state index in [0.29, 0.717) is 5.56 Å². The molecule has 0 fully saturated rings. The number of phenols is 1. The quantitative estimate of drug-likeness (QED) is 0.309. The molecule has 0 aromatic heterocycles. The predicted octanol–water partition coefficient (Wildman–Crippen LogP) is 0.519. The molecule has 0 spiro atoms. The van der Waals surface area contributed by atoms with Crippen molar-refractivity contribution >= 4 is 11.7 Å². The number of nitrogens with two attached hydrogens (primary N) is 1. The van der Waals surface area contributed by atoms with Gasteiger partial charge in [0.05, 0.1) is 12.1 Å². The van der Waals surface area contributed by atoms with Crippen LogP contribution in [0.15, 0.2) is 23.4 Å². The van der Waals surface area contributed by atoms with Crippen molar-refractivity contribution in [3.8, 4) is 5.75 Å². The first-order chi connectivity index (χ1) is 7.97. The van der Waals surface area contributed by atoms with Crippen molar-refractivity contribution in [2.45, 2.75) is 6.92 Å². The summed E-state index contributed by atoms with van der Waals surface area (Å²) in [4.78, 5) is 13.2. The molecule has 0 bridgehead atoms. The van der Waals surface area contributed by atoms with Gasteiger partial charge in [-0.05, 0) is 18.6 Å². The topological polar surface area (TPSA) is 99.2 Å². The lowest BCUT2D eigenvalue weighted by molar-refractivity contribution is 0.0810. The minimum Gasteiger partial charge on any atom is -0.507 e. The largest absolute Gasteiger partial charge is 0.507 e. The Bertz CT molecular complexity index is 457. The number of amidine groups is 1. The van der Waals surface area contributed by atoms with Crippen LogP contribution in [-0.4, -0.2) is 40.5 Å². The van der Waals surface area contributed by atoms with Crippen LogP contribution in [0.2, 0.25) is 0 Å². The molecule has 1 amide bonds. The summed E-state index contributed by atoms with van der Waals surface area (Å²) in [6.45, 7) is 1.69. The van der Waals surface area contributed by atoms with Gasteiger partial charge in [-0.2, -0.15) is 0 Å². The number of para-hydroxylation sites is 1. The Labute approximate surface area is 99.0 Å². The number of carbonyl (C=O) groups is 1. The van der Waals surface area contributed by atoms with Crippen LogP contribution in [0.25, 0.3) is 0 Å². The molecule has 1 aromatic rings. The van der Waals surface area contributed by atoms with E-state index in [1.165, 1.54) is 18.0 Å². The van der Waals surface area contributed by atoms with Gasteiger partial charge < -0.3 is 20.9 Å². The molecule has 0 radical (unpaired) electrons. The number of hydrogen-bond donors (Lipinski definition) is 3. The zero-order valence-electron chi connectivity index (χ0n) is 9.71. The third kappa shape index (κ3) is 2.87. The Hall–Kier alpha value is -2.24. The van der Waals surface area contributed by atoms with E-state index in [1.54, 1.807) is 19.1 Å². The van der Waals surface area contributed by atoms with E-state index in [-0.39, 0.29) is 23.7 Å². The van der Waals surface area contributed by atoms with Gasteiger partial charge in [0, 0.05) is 7.05 Å². The zero-order chi connectivity index (χ0) is 13.0. The molecule has 0 saturated heterocycles. The van der Waals surface area contributed by atoms with Gasteiger partial charge in [0.25, 0.3) is 5.91 Å². The monoisotopic (exact) mass is 237 g/mol. The molecular formula is C11H15N3O3. The highest BCUT2D eigenvalue weighted by atomic mass is 16.4. The summed E-state index contributed by atoms with van der Waals surface area (Å²) in [7, 11) is 1.50. The summed E-state index contributed by atoms with van der Waals surface area (Å²) in [5.41, 5.74) is 6.11. The standard InChI is InChI=1S/C11H15N3O3/c1-7-4-3-5-8(10(7)15)11(16)14(2)6-9(12)13-17/h3-5,15,17H,6H2,1-2H3,(H2,12,13). The highest BCUT2D eigenvalue weighted by Crippen LogP contribution is 2.22. The highest BCUT2D eigenvalue weighted by Gasteiger charge is 2.17. The fraction of sp³-hybridized carbons (Fsp3) is 0.273. The first kappa shape index (κ1) is 12.8. The van der Waals surface area contributed by atoms with Gasteiger partial charge in [-0.3, -0.25) is 4.79 Å². The Kier molecular flexibility index (Phi) is 3.92. The predicted molar refractivity (Wildman–Crippen MR) is 63.2 cm³/mol. The minimum atomic E-state index is -0.391. The number of hydrogen-bond acceptors (Lipinski definition) is 4. The number of aryl methyl sites for hydroxylation is 1. The Balaban J connectivity index is 2.93. The maximum atomic E-state index is 11.9. The smallest absolute Gasteiger partial charge is 0.257 e. The van der Waals surface area contributed by atoms with Crippen LogP contribution in [-0.2, 0) is 0 Å². The summed E-state index contributed by atoms with van der Waals surface area (Å²) >= 11 is 0.